The first kappa shape index (κ1) is 16.8. The highest BCUT2D eigenvalue weighted by atomic mass is 32.2. The van der Waals surface area contributed by atoms with Gasteiger partial charge >= 0.3 is 6.03 Å². The predicted octanol–water partition coefficient (Wildman–Crippen LogP) is 2.06. The van der Waals surface area contributed by atoms with Crippen LogP contribution in [0.2, 0.25) is 0 Å². The van der Waals surface area contributed by atoms with Gasteiger partial charge in [-0.05, 0) is 54.4 Å². The molecule has 25 heavy (non-hydrogen) atoms. The Morgan fingerprint density at radius 2 is 1.92 bits per heavy atom. The van der Waals surface area contributed by atoms with E-state index in [0.717, 1.165) is 11.3 Å². The minimum atomic E-state index is -3.75. The van der Waals surface area contributed by atoms with Crippen LogP contribution >= 0.6 is 0 Å². The van der Waals surface area contributed by atoms with Gasteiger partial charge in [-0.1, -0.05) is 0 Å². The molecule has 0 aromatic heterocycles. The molecule has 2 N–H and O–H groups in total. The Balaban J connectivity index is 1.86. The predicted molar refractivity (Wildman–Crippen MR) is 93.9 cm³/mol. The maximum atomic E-state index is 12.6. The monoisotopic (exact) mass is 356 g/mol. The largest absolute Gasteiger partial charge is 0.341 e. The highest BCUT2D eigenvalue weighted by molar-refractivity contribution is 7.92. The fourth-order valence-electron chi connectivity index (χ4n) is 2.72. The van der Waals surface area contributed by atoms with Crippen molar-refractivity contribution in [2.24, 2.45) is 0 Å². The van der Waals surface area contributed by atoms with E-state index >= 15 is 0 Å². The van der Waals surface area contributed by atoms with Crippen molar-refractivity contribution in [2.75, 3.05) is 23.2 Å². The van der Waals surface area contributed by atoms with Crippen LogP contribution < -0.4 is 14.9 Å². The first-order chi connectivity index (χ1) is 11.9. The van der Waals surface area contributed by atoms with Crippen LogP contribution in [-0.4, -0.2) is 28.0 Å². The molecule has 8 heteroatoms. The maximum Gasteiger partial charge on any atom is 0.321 e. The van der Waals surface area contributed by atoms with Crippen molar-refractivity contribution in [2.45, 2.75) is 11.3 Å². The van der Waals surface area contributed by atoms with Crippen molar-refractivity contribution in [1.82, 2.24) is 5.32 Å². The van der Waals surface area contributed by atoms with Crippen LogP contribution in [0.3, 0.4) is 0 Å². The molecule has 0 bridgehead atoms. The van der Waals surface area contributed by atoms with Crippen LogP contribution in [0.15, 0.2) is 47.4 Å². The Morgan fingerprint density at radius 3 is 2.56 bits per heavy atom. The van der Waals surface area contributed by atoms with Gasteiger partial charge in [0.1, 0.15) is 0 Å². The molecule has 2 amide bonds. The quantitative estimate of drug-likeness (QED) is 0.879. The normalized spacial score (nSPS) is 13.0. The average Bonchev–Trinajstić information content (AvgIpc) is 3.04. The second kappa shape index (κ2) is 6.45. The number of hydrogen-bond donors (Lipinski definition) is 2. The van der Waals surface area contributed by atoms with E-state index in [2.05, 4.69) is 10.0 Å². The lowest BCUT2D eigenvalue weighted by atomic mass is 10.2. The van der Waals surface area contributed by atoms with Gasteiger partial charge in [-0.2, -0.15) is 5.26 Å². The third-order valence-corrected chi connectivity index (χ3v) is 5.36. The molecule has 3 rings (SSSR count). The number of nitriles is 1. The Kier molecular flexibility index (Phi) is 4.33. The van der Waals surface area contributed by atoms with Crippen LogP contribution in [0.5, 0.6) is 0 Å². The number of sulfonamides is 1. The van der Waals surface area contributed by atoms with Crippen molar-refractivity contribution in [3.63, 3.8) is 0 Å². The van der Waals surface area contributed by atoms with E-state index in [1.807, 2.05) is 6.07 Å². The standard InChI is InChI=1S/C17H16N4O3S/c1-19-17(22)21-9-8-13-10-15(6-7-16(13)21)25(23,24)20-14-4-2-12(11-18)3-5-14/h2-7,10,20H,8-9H2,1H3,(H,19,22). The van der Waals surface area contributed by atoms with Crippen molar-refractivity contribution < 1.29 is 13.2 Å². The summed E-state index contributed by atoms with van der Waals surface area (Å²) in [6.45, 7) is 0.515. The van der Waals surface area contributed by atoms with Crippen molar-refractivity contribution in [3.8, 4) is 6.07 Å². The van der Waals surface area contributed by atoms with Crippen molar-refractivity contribution in [3.05, 3.63) is 53.6 Å². The molecule has 2 aromatic carbocycles. The maximum absolute atomic E-state index is 12.6. The molecule has 0 radical (unpaired) electrons. The lowest BCUT2D eigenvalue weighted by molar-refractivity contribution is 0.248. The van der Waals surface area contributed by atoms with E-state index < -0.39 is 10.0 Å². The number of carbonyl (C=O) groups excluding carboxylic acids is 1. The topological polar surface area (TPSA) is 102 Å². The smallest absolute Gasteiger partial charge is 0.321 e. The summed E-state index contributed by atoms with van der Waals surface area (Å²) in [5.74, 6) is 0. The van der Waals surface area contributed by atoms with E-state index in [0.29, 0.717) is 24.2 Å². The summed E-state index contributed by atoms with van der Waals surface area (Å²) in [6.07, 6.45) is 0.600. The molecule has 2 aromatic rings. The minimum absolute atomic E-state index is 0.134. The molecule has 0 saturated heterocycles. The highest BCUT2D eigenvalue weighted by Gasteiger charge is 2.26. The number of nitrogens with one attached hydrogen (secondary N) is 2. The van der Waals surface area contributed by atoms with E-state index in [-0.39, 0.29) is 10.9 Å². The number of urea groups is 1. The van der Waals surface area contributed by atoms with Gasteiger partial charge in [0.05, 0.1) is 16.5 Å². The Labute approximate surface area is 145 Å². The molecule has 0 saturated carbocycles. The van der Waals surface area contributed by atoms with Gasteiger partial charge in [0.2, 0.25) is 0 Å². The summed E-state index contributed by atoms with van der Waals surface area (Å²) in [7, 11) is -2.19. The number of hydrogen-bond acceptors (Lipinski definition) is 4. The molecule has 0 unspecified atom stereocenters. The van der Waals surface area contributed by atoms with Gasteiger partial charge in [-0.25, -0.2) is 13.2 Å². The minimum Gasteiger partial charge on any atom is -0.341 e. The van der Waals surface area contributed by atoms with Gasteiger partial charge in [-0.3, -0.25) is 9.62 Å². The molecule has 7 nitrogen and oxygen atoms in total. The third kappa shape index (κ3) is 3.27. The van der Waals surface area contributed by atoms with Crippen LogP contribution in [-0.2, 0) is 16.4 Å². The summed E-state index contributed by atoms with van der Waals surface area (Å²) >= 11 is 0. The summed E-state index contributed by atoms with van der Waals surface area (Å²) < 4.78 is 27.6. The third-order valence-electron chi connectivity index (χ3n) is 3.98. The summed E-state index contributed by atoms with van der Waals surface area (Å²) in [4.78, 5) is 13.5. The fraction of sp³-hybridized carbons (Fsp3) is 0.176. The second-order valence-corrected chi connectivity index (χ2v) is 7.22. The Hall–Kier alpha value is -3.05. The van der Waals surface area contributed by atoms with Gasteiger partial charge in [0, 0.05) is 25.0 Å². The van der Waals surface area contributed by atoms with Crippen LogP contribution in [0.1, 0.15) is 11.1 Å². The first-order valence-corrected chi connectivity index (χ1v) is 9.08. The second-order valence-electron chi connectivity index (χ2n) is 5.54. The molecule has 0 fully saturated rings. The van der Waals surface area contributed by atoms with Crippen LogP contribution in [0.25, 0.3) is 0 Å². The number of anilines is 2. The molecule has 0 spiro atoms. The SMILES string of the molecule is CNC(=O)N1CCc2cc(S(=O)(=O)Nc3ccc(C#N)cc3)ccc21. The summed E-state index contributed by atoms with van der Waals surface area (Å²) in [6, 6.07) is 12.6. The summed E-state index contributed by atoms with van der Waals surface area (Å²) in [5, 5.41) is 11.4. The molecule has 128 valence electrons. The summed E-state index contributed by atoms with van der Waals surface area (Å²) in [5.41, 5.74) is 2.37. The molecule has 1 aliphatic rings. The lowest BCUT2D eigenvalue weighted by Crippen LogP contribution is -2.36. The van der Waals surface area contributed by atoms with Gasteiger partial charge in [0.25, 0.3) is 10.0 Å². The van der Waals surface area contributed by atoms with Gasteiger partial charge in [0.15, 0.2) is 0 Å². The van der Waals surface area contributed by atoms with Crippen LogP contribution in [0, 0.1) is 11.3 Å². The molecular weight excluding hydrogens is 340 g/mol. The molecule has 1 aliphatic heterocycles. The zero-order chi connectivity index (χ0) is 18.0. The van der Waals surface area contributed by atoms with E-state index in [1.54, 1.807) is 36.2 Å². The number of amides is 2. The van der Waals surface area contributed by atoms with E-state index in [4.69, 9.17) is 5.26 Å². The number of nitrogens with zero attached hydrogens (tertiary/aromatic N) is 2. The Bertz CT molecular complexity index is 962. The van der Waals surface area contributed by atoms with Crippen molar-refractivity contribution in [1.29, 1.82) is 5.26 Å². The number of carbonyl (C=O) groups is 1. The lowest BCUT2D eigenvalue weighted by Gasteiger charge is -2.16. The molecule has 0 atom stereocenters. The molecule has 0 aliphatic carbocycles. The van der Waals surface area contributed by atoms with Crippen molar-refractivity contribution >= 4 is 27.4 Å². The molecular formula is C17H16N4O3S. The van der Waals surface area contributed by atoms with Crippen LogP contribution in [0.4, 0.5) is 16.2 Å². The fourth-order valence-corrected chi connectivity index (χ4v) is 3.83. The van der Waals surface area contributed by atoms with E-state index in [1.165, 1.54) is 18.2 Å². The zero-order valence-corrected chi connectivity index (χ0v) is 14.3. The highest BCUT2D eigenvalue weighted by Crippen LogP contribution is 2.30. The number of rotatable bonds is 3. The molecule has 1 heterocycles. The number of benzene rings is 2. The Morgan fingerprint density at radius 1 is 1.20 bits per heavy atom. The van der Waals surface area contributed by atoms with Gasteiger partial charge < -0.3 is 5.32 Å². The van der Waals surface area contributed by atoms with E-state index in [9.17, 15) is 13.2 Å². The first-order valence-electron chi connectivity index (χ1n) is 7.60. The number of fused-ring (bicyclic) bond motifs is 1. The zero-order valence-electron chi connectivity index (χ0n) is 13.5. The van der Waals surface area contributed by atoms with Gasteiger partial charge in [-0.15, -0.1) is 0 Å². The average molecular weight is 356 g/mol.